The predicted octanol–water partition coefficient (Wildman–Crippen LogP) is 1.93. The van der Waals surface area contributed by atoms with Crippen molar-refractivity contribution in [1.82, 2.24) is 20.1 Å². The molecule has 0 saturated heterocycles. The first-order chi connectivity index (χ1) is 9.16. The molecular weight excluding hydrogens is 240 g/mol. The van der Waals surface area contributed by atoms with Crippen LogP contribution in [0, 0.1) is 5.92 Å². The summed E-state index contributed by atoms with van der Waals surface area (Å²) >= 11 is 0. The highest BCUT2D eigenvalue weighted by Gasteiger charge is 2.06. The van der Waals surface area contributed by atoms with E-state index in [2.05, 4.69) is 29.2 Å². The van der Waals surface area contributed by atoms with Gasteiger partial charge in [0.05, 0.1) is 6.54 Å². The Morgan fingerprint density at radius 2 is 2.05 bits per heavy atom. The van der Waals surface area contributed by atoms with E-state index < -0.39 is 0 Å². The molecule has 5 heteroatoms. The minimum absolute atomic E-state index is 0.318. The zero-order valence-electron chi connectivity index (χ0n) is 11.4. The third-order valence-corrected chi connectivity index (χ3v) is 2.82. The van der Waals surface area contributed by atoms with Crippen molar-refractivity contribution in [2.45, 2.75) is 33.5 Å². The molecule has 19 heavy (non-hydrogen) atoms. The van der Waals surface area contributed by atoms with Gasteiger partial charge in [-0.2, -0.15) is 5.10 Å². The highest BCUT2D eigenvalue weighted by molar-refractivity contribution is 5.31. The SMILES string of the molecule is CC(C)Cn1ncnc1CNCc1ccccc1O. The van der Waals surface area contributed by atoms with Gasteiger partial charge in [-0.05, 0) is 12.0 Å². The van der Waals surface area contributed by atoms with Gasteiger partial charge in [0, 0.05) is 18.7 Å². The molecule has 102 valence electrons. The number of hydrogen-bond donors (Lipinski definition) is 2. The molecule has 2 aromatic rings. The second-order valence-electron chi connectivity index (χ2n) is 4.98. The van der Waals surface area contributed by atoms with E-state index in [0.29, 0.717) is 24.8 Å². The summed E-state index contributed by atoms with van der Waals surface area (Å²) in [6.07, 6.45) is 1.58. The van der Waals surface area contributed by atoms with E-state index in [9.17, 15) is 5.11 Å². The topological polar surface area (TPSA) is 63.0 Å². The van der Waals surface area contributed by atoms with Gasteiger partial charge in [-0.15, -0.1) is 0 Å². The van der Waals surface area contributed by atoms with Crippen LogP contribution >= 0.6 is 0 Å². The summed E-state index contributed by atoms with van der Waals surface area (Å²) in [7, 11) is 0. The summed E-state index contributed by atoms with van der Waals surface area (Å²) in [4.78, 5) is 4.25. The van der Waals surface area contributed by atoms with Crippen LogP contribution in [0.4, 0.5) is 0 Å². The Bertz CT molecular complexity index is 522. The minimum Gasteiger partial charge on any atom is -0.508 e. The zero-order chi connectivity index (χ0) is 13.7. The van der Waals surface area contributed by atoms with Gasteiger partial charge in [-0.1, -0.05) is 32.0 Å². The van der Waals surface area contributed by atoms with Gasteiger partial charge < -0.3 is 10.4 Å². The maximum Gasteiger partial charge on any atom is 0.140 e. The number of rotatable bonds is 6. The fourth-order valence-electron chi connectivity index (χ4n) is 1.89. The second kappa shape index (κ2) is 6.33. The van der Waals surface area contributed by atoms with Crippen molar-refractivity contribution in [3.63, 3.8) is 0 Å². The van der Waals surface area contributed by atoms with Gasteiger partial charge in [-0.25, -0.2) is 9.67 Å². The molecule has 0 aliphatic heterocycles. The van der Waals surface area contributed by atoms with Crippen molar-refractivity contribution in [2.24, 2.45) is 5.92 Å². The fourth-order valence-corrected chi connectivity index (χ4v) is 1.89. The number of phenols is 1. The normalized spacial score (nSPS) is 11.1. The largest absolute Gasteiger partial charge is 0.508 e. The van der Waals surface area contributed by atoms with Crippen LogP contribution in [0.2, 0.25) is 0 Å². The summed E-state index contributed by atoms with van der Waals surface area (Å²) in [5.41, 5.74) is 0.887. The van der Waals surface area contributed by atoms with Crippen LogP contribution in [0.3, 0.4) is 0 Å². The van der Waals surface area contributed by atoms with Gasteiger partial charge in [-0.3, -0.25) is 0 Å². The molecule has 0 saturated carbocycles. The quantitative estimate of drug-likeness (QED) is 0.833. The third-order valence-electron chi connectivity index (χ3n) is 2.82. The van der Waals surface area contributed by atoms with E-state index in [-0.39, 0.29) is 0 Å². The van der Waals surface area contributed by atoms with Crippen LogP contribution in [0.15, 0.2) is 30.6 Å². The van der Waals surface area contributed by atoms with Gasteiger partial charge in [0.25, 0.3) is 0 Å². The van der Waals surface area contributed by atoms with E-state index in [1.54, 1.807) is 12.4 Å². The van der Waals surface area contributed by atoms with E-state index in [1.165, 1.54) is 0 Å². The molecule has 0 aliphatic carbocycles. The van der Waals surface area contributed by atoms with Gasteiger partial charge in [0.2, 0.25) is 0 Å². The molecule has 0 atom stereocenters. The average molecular weight is 260 g/mol. The number of aromatic hydroxyl groups is 1. The lowest BCUT2D eigenvalue weighted by molar-refractivity contribution is 0.451. The zero-order valence-corrected chi connectivity index (χ0v) is 11.4. The molecule has 0 unspecified atom stereocenters. The molecule has 5 nitrogen and oxygen atoms in total. The molecule has 0 spiro atoms. The second-order valence-corrected chi connectivity index (χ2v) is 4.98. The van der Waals surface area contributed by atoms with Crippen LogP contribution < -0.4 is 5.32 Å². The number of nitrogens with one attached hydrogen (secondary N) is 1. The number of benzene rings is 1. The Kier molecular flexibility index (Phi) is 4.52. The maximum atomic E-state index is 9.67. The van der Waals surface area contributed by atoms with Crippen molar-refractivity contribution in [2.75, 3.05) is 0 Å². The Morgan fingerprint density at radius 1 is 1.26 bits per heavy atom. The first-order valence-electron chi connectivity index (χ1n) is 6.51. The molecule has 2 rings (SSSR count). The summed E-state index contributed by atoms with van der Waals surface area (Å²) in [5.74, 6) is 1.78. The molecule has 2 N–H and O–H groups in total. The lowest BCUT2D eigenvalue weighted by Crippen LogP contribution is -2.18. The molecule has 0 aliphatic rings. The molecule has 0 radical (unpaired) electrons. The average Bonchev–Trinajstić information content (AvgIpc) is 2.78. The van der Waals surface area contributed by atoms with Crippen molar-refractivity contribution in [1.29, 1.82) is 0 Å². The highest BCUT2D eigenvalue weighted by atomic mass is 16.3. The molecule has 1 aromatic heterocycles. The lowest BCUT2D eigenvalue weighted by atomic mass is 10.2. The summed E-state index contributed by atoms with van der Waals surface area (Å²) in [6.45, 7) is 6.43. The standard InChI is InChI=1S/C14H20N4O/c1-11(2)9-18-14(16-10-17-18)8-15-7-12-5-3-4-6-13(12)19/h3-6,10-11,15,19H,7-9H2,1-2H3. The Labute approximate surface area is 113 Å². The number of nitrogens with zero attached hydrogens (tertiary/aromatic N) is 3. The highest BCUT2D eigenvalue weighted by Crippen LogP contribution is 2.14. The van der Waals surface area contributed by atoms with E-state index in [0.717, 1.165) is 17.9 Å². The Hall–Kier alpha value is -1.88. The fraction of sp³-hybridized carbons (Fsp3) is 0.429. The molecule has 0 bridgehead atoms. The van der Waals surface area contributed by atoms with Crippen molar-refractivity contribution in [3.8, 4) is 5.75 Å². The van der Waals surface area contributed by atoms with Crippen molar-refractivity contribution in [3.05, 3.63) is 42.0 Å². The first-order valence-corrected chi connectivity index (χ1v) is 6.51. The summed E-state index contributed by atoms with van der Waals surface area (Å²) in [6, 6.07) is 7.33. The number of aromatic nitrogens is 3. The van der Waals surface area contributed by atoms with Crippen LogP contribution in [0.1, 0.15) is 25.2 Å². The summed E-state index contributed by atoms with van der Waals surface area (Å²) < 4.78 is 1.92. The van der Waals surface area contributed by atoms with Crippen LogP contribution in [0.5, 0.6) is 5.75 Å². The van der Waals surface area contributed by atoms with Gasteiger partial charge in [0.1, 0.15) is 17.9 Å². The van der Waals surface area contributed by atoms with E-state index >= 15 is 0 Å². The van der Waals surface area contributed by atoms with E-state index in [1.807, 2.05) is 22.9 Å². The molecule has 1 aromatic carbocycles. The molecule has 0 amide bonds. The van der Waals surface area contributed by atoms with Gasteiger partial charge in [0.15, 0.2) is 0 Å². The number of hydrogen-bond acceptors (Lipinski definition) is 4. The smallest absolute Gasteiger partial charge is 0.140 e. The van der Waals surface area contributed by atoms with Crippen molar-refractivity contribution >= 4 is 0 Å². The Balaban J connectivity index is 1.89. The van der Waals surface area contributed by atoms with Gasteiger partial charge >= 0.3 is 0 Å². The monoisotopic (exact) mass is 260 g/mol. The summed E-state index contributed by atoms with van der Waals surface area (Å²) in [5, 5.41) is 17.2. The number of phenolic OH excluding ortho intramolecular Hbond substituents is 1. The predicted molar refractivity (Wildman–Crippen MR) is 73.5 cm³/mol. The minimum atomic E-state index is 0.318. The number of para-hydroxylation sites is 1. The molecular formula is C14H20N4O. The Morgan fingerprint density at radius 3 is 2.79 bits per heavy atom. The van der Waals surface area contributed by atoms with Crippen LogP contribution in [-0.2, 0) is 19.6 Å². The lowest BCUT2D eigenvalue weighted by Gasteiger charge is -2.09. The van der Waals surface area contributed by atoms with Crippen LogP contribution in [-0.4, -0.2) is 19.9 Å². The maximum absolute atomic E-state index is 9.67. The van der Waals surface area contributed by atoms with Crippen molar-refractivity contribution < 1.29 is 5.11 Å². The van der Waals surface area contributed by atoms with E-state index in [4.69, 9.17) is 0 Å². The molecule has 0 fully saturated rings. The van der Waals surface area contributed by atoms with Crippen LogP contribution in [0.25, 0.3) is 0 Å². The first kappa shape index (κ1) is 13.5. The molecule has 1 heterocycles. The third kappa shape index (κ3) is 3.79.